The number of carbonyl (C=O) groups is 1. The predicted octanol–water partition coefficient (Wildman–Crippen LogP) is 1.28. The maximum absolute atomic E-state index is 12.1. The normalized spacial score (nSPS) is 25.7. The van der Waals surface area contributed by atoms with Gasteiger partial charge in [-0.15, -0.1) is 0 Å². The van der Waals surface area contributed by atoms with E-state index in [-0.39, 0.29) is 17.9 Å². The van der Waals surface area contributed by atoms with Crippen LogP contribution in [0.3, 0.4) is 0 Å². The van der Waals surface area contributed by atoms with E-state index >= 15 is 0 Å². The Kier molecular flexibility index (Phi) is 6.70. The number of nitrogens with one attached hydrogen (secondary N) is 2. The van der Waals surface area contributed by atoms with Crippen molar-refractivity contribution < 1.29 is 9.53 Å². The van der Waals surface area contributed by atoms with Crippen molar-refractivity contribution in [2.24, 2.45) is 5.92 Å². The van der Waals surface area contributed by atoms with Crippen molar-refractivity contribution in [3.8, 4) is 0 Å². The van der Waals surface area contributed by atoms with Crippen LogP contribution in [0.15, 0.2) is 0 Å². The Bertz CT molecular complexity index is 359. The van der Waals surface area contributed by atoms with Crippen LogP contribution in [-0.4, -0.2) is 54.8 Å². The van der Waals surface area contributed by atoms with Crippen molar-refractivity contribution in [2.75, 3.05) is 32.8 Å². The second-order valence-electron chi connectivity index (χ2n) is 5.90. The third-order valence-corrected chi connectivity index (χ3v) is 4.54. The molecule has 0 saturated carbocycles. The molecular formula is C15H27N3O2S. The number of rotatable bonds is 5. The minimum Gasteiger partial charge on any atom is -0.376 e. The zero-order chi connectivity index (χ0) is 15.1. The fourth-order valence-electron chi connectivity index (χ4n) is 2.89. The summed E-state index contributed by atoms with van der Waals surface area (Å²) in [4.78, 5) is 14.2. The number of nitrogens with zero attached hydrogens (tertiary/aromatic N) is 1. The average molecular weight is 313 g/mol. The molecular weight excluding hydrogens is 286 g/mol. The number of amides is 1. The van der Waals surface area contributed by atoms with Crippen LogP contribution < -0.4 is 10.6 Å². The molecule has 2 rings (SSSR count). The Labute approximate surface area is 132 Å². The van der Waals surface area contributed by atoms with Crippen LogP contribution in [0.1, 0.15) is 39.0 Å². The lowest BCUT2D eigenvalue weighted by atomic mass is 9.97. The topological polar surface area (TPSA) is 53.6 Å². The van der Waals surface area contributed by atoms with Crippen molar-refractivity contribution in [1.82, 2.24) is 15.5 Å². The van der Waals surface area contributed by atoms with E-state index in [9.17, 15) is 4.79 Å². The number of likely N-dealkylation sites (tertiary alicyclic amines) is 1. The second-order valence-corrected chi connectivity index (χ2v) is 6.28. The largest absolute Gasteiger partial charge is 0.376 e. The molecule has 2 aliphatic heterocycles. The molecule has 0 bridgehead atoms. The Morgan fingerprint density at radius 3 is 2.90 bits per heavy atom. The molecule has 0 aromatic heterocycles. The first-order valence-corrected chi connectivity index (χ1v) is 8.53. The molecule has 21 heavy (non-hydrogen) atoms. The van der Waals surface area contributed by atoms with Crippen molar-refractivity contribution in [1.29, 1.82) is 0 Å². The summed E-state index contributed by atoms with van der Waals surface area (Å²) in [6.07, 6.45) is 5.49. The van der Waals surface area contributed by atoms with Gasteiger partial charge in [0.15, 0.2) is 5.11 Å². The van der Waals surface area contributed by atoms with E-state index in [1.807, 2.05) is 0 Å². The molecule has 0 aliphatic carbocycles. The number of ether oxygens (including phenoxy) is 1. The quantitative estimate of drug-likeness (QED) is 0.749. The average Bonchev–Trinajstić information content (AvgIpc) is 3.03. The fraction of sp³-hybridized carbons (Fsp3) is 0.867. The summed E-state index contributed by atoms with van der Waals surface area (Å²) in [5.41, 5.74) is 0. The van der Waals surface area contributed by atoms with Crippen LogP contribution >= 0.6 is 12.2 Å². The van der Waals surface area contributed by atoms with E-state index in [1.54, 1.807) is 0 Å². The van der Waals surface area contributed by atoms with Crippen LogP contribution in [0, 0.1) is 5.92 Å². The van der Waals surface area contributed by atoms with Gasteiger partial charge in [0, 0.05) is 32.8 Å². The SMILES string of the molecule is CCCNC(=O)[C@@H]1CCCN(C(=S)NC[C@@H]2CCCO2)C1. The van der Waals surface area contributed by atoms with Crippen molar-refractivity contribution in [3.05, 3.63) is 0 Å². The highest BCUT2D eigenvalue weighted by Crippen LogP contribution is 2.17. The predicted molar refractivity (Wildman–Crippen MR) is 87.2 cm³/mol. The molecule has 2 N–H and O–H groups in total. The summed E-state index contributed by atoms with van der Waals surface area (Å²) in [6, 6.07) is 0. The molecule has 6 heteroatoms. The zero-order valence-electron chi connectivity index (χ0n) is 12.9. The third-order valence-electron chi connectivity index (χ3n) is 4.13. The van der Waals surface area contributed by atoms with Crippen LogP contribution in [0.5, 0.6) is 0 Å². The number of hydrogen-bond donors (Lipinski definition) is 2. The van der Waals surface area contributed by atoms with Gasteiger partial charge in [-0.2, -0.15) is 0 Å². The van der Waals surface area contributed by atoms with Gasteiger partial charge in [-0.1, -0.05) is 6.92 Å². The molecule has 0 aromatic carbocycles. The summed E-state index contributed by atoms with van der Waals surface area (Å²) in [6.45, 7) is 6.14. The van der Waals surface area contributed by atoms with Crippen molar-refractivity contribution >= 4 is 23.2 Å². The van der Waals surface area contributed by atoms with Crippen molar-refractivity contribution in [2.45, 2.75) is 45.1 Å². The molecule has 1 amide bonds. The number of hydrogen-bond acceptors (Lipinski definition) is 3. The molecule has 2 saturated heterocycles. The molecule has 2 atom stereocenters. The van der Waals surface area contributed by atoms with Crippen LogP contribution in [0.4, 0.5) is 0 Å². The second kappa shape index (κ2) is 8.54. The molecule has 2 fully saturated rings. The molecule has 5 nitrogen and oxygen atoms in total. The van der Waals surface area contributed by atoms with Gasteiger partial charge in [0.1, 0.15) is 0 Å². The standard InChI is InChI=1S/C15H27N3O2S/c1-2-7-16-14(19)12-5-3-8-18(11-12)15(21)17-10-13-6-4-9-20-13/h12-13H,2-11H2,1H3,(H,16,19)(H,17,21)/t12-,13+/m1/s1. The van der Waals surface area contributed by atoms with Gasteiger partial charge >= 0.3 is 0 Å². The van der Waals surface area contributed by atoms with E-state index in [1.165, 1.54) is 0 Å². The first-order chi connectivity index (χ1) is 10.2. The highest BCUT2D eigenvalue weighted by atomic mass is 32.1. The zero-order valence-corrected chi connectivity index (χ0v) is 13.7. The summed E-state index contributed by atoms with van der Waals surface area (Å²) >= 11 is 5.46. The van der Waals surface area contributed by atoms with Crippen LogP contribution in [-0.2, 0) is 9.53 Å². The highest BCUT2D eigenvalue weighted by Gasteiger charge is 2.27. The highest BCUT2D eigenvalue weighted by molar-refractivity contribution is 7.80. The van der Waals surface area contributed by atoms with Crippen LogP contribution in [0.2, 0.25) is 0 Å². The minimum atomic E-state index is 0.0628. The van der Waals surface area contributed by atoms with E-state index in [2.05, 4.69) is 22.5 Å². The maximum atomic E-state index is 12.1. The molecule has 2 aliphatic rings. The third kappa shape index (κ3) is 5.11. The molecule has 0 unspecified atom stereocenters. The first-order valence-electron chi connectivity index (χ1n) is 8.12. The monoisotopic (exact) mass is 313 g/mol. The molecule has 0 aromatic rings. The molecule has 2 heterocycles. The van der Waals surface area contributed by atoms with Gasteiger partial charge < -0.3 is 20.3 Å². The fourth-order valence-corrected chi connectivity index (χ4v) is 3.14. The Morgan fingerprint density at radius 1 is 1.33 bits per heavy atom. The summed E-state index contributed by atoms with van der Waals surface area (Å²) in [5.74, 6) is 0.233. The summed E-state index contributed by atoms with van der Waals surface area (Å²) < 4.78 is 5.59. The smallest absolute Gasteiger partial charge is 0.224 e. The van der Waals surface area contributed by atoms with E-state index in [0.717, 1.165) is 70.0 Å². The van der Waals surface area contributed by atoms with E-state index in [4.69, 9.17) is 17.0 Å². The number of piperidine rings is 1. The van der Waals surface area contributed by atoms with Gasteiger partial charge in [-0.25, -0.2) is 0 Å². The summed E-state index contributed by atoms with van der Waals surface area (Å²) in [7, 11) is 0. The van der Waals surface area contributed by atoms with Gasteiger partial charge in [0.05, 0.1) is 12.0 Å². The Hall–Kier alpha value is -0.880. The molecule has 0 radical (unpaired) electrons. The summed E-state index contributed by atoms with van der Waals surface area (Å²) in [5, 5.41) is 7.05. The van der Waals surface area contributed by atoms with Gasteiger partial charge in [-0.3, -0.25) is 4.79 Å². The first kappa shape index (κ1) is 16.5. The van der Waals surface area contributed by atoms with Gasteiger partial charge in [-0.05, 0) is 44.3 Å². The Balaban J connectivity index is 1.74. The van der Waals surface area contributed by atoms with Gasteiger partial charge in [0.25, 0.3) is 0 Å². The van der Waals surface area contributed by atoms with E-state index in [0.29, 0.717) is 0 Å². The van der Waals surface area contributed by atoms with Crippen LogP contribution in [0.25, 0.3) is 0 Å². The number of carbonyl (C=O) groups excluding carboxylic acids is 1. The van der Waals surface area contributed by atoms with Gasteiger partial charge in [0.2, 0.25) is 5.91 Å². The lowest BCUT2D eigenvalue weighted by Crippen LogP contribution is -2.49. The molecule has 120 valence electrons. The lowest BCUT2D eigenvalue weighted by molar-refractivity contribution is -0.126. The lowest BCUT2D eigenvalue weighted by Gasteiger charge is -2.34. The minimum absolute atomic E-state index is 0.0628. The Morgan fingerprint density at radius 2 is 2.19 bits per heavy atom. The van der Waals surface area contributed by atoms with E-state index < -0.39 is 0 Å². The maximum Gasteiger partial charge on any atom is 0.224 e. The number of thiocarbonyl (C=S) groups is 1. The van der Waals surface area contributed by atoms with Crippen molar-refractivity contribution in [3.63, 3.8) is 0 Å². The molecule has 0 spiro atoms.